The van der Waals surface area contributed by atoms with Crippen LogP contribution in [0.5, 0.6) is 0 Å². The summed E-state index contributed by atoms with van der Waals surface area (Å²) < 4.78 is 0. The molecule has 0 aliphatic heterocycles. The van der Waals surface area contributed by atoms with Crippen LogP contribution in [0.25, 0.3) is 0 Å². The van der Waals surface area contributed by atoms with Crippen LogP contribution >= 0.6 is 0 Å². The zero-order valence-electron chi connectivity index (χ0n) is 5.29. The minimum Gasteiger partial charge on any atom is -1.00 e. The molecule has 0 fully saturated rings. The molecule has 0 aliphatic carbocycles. The van der Waals surface area contributed by atoms with Crippen LogP contribution in [0.3, 0.4) is 0 Å². The van der Waals surface area contributed by atoms with Crippen LogP contribution < -0.4 is 37.2 Å². The first-order valence-electron chi connectivity index (χ1n) is 0. The number of hydrogen-bond donors (Lipinski definition) is 0. The fraction of sp³-hybridized carbons (Fsp3) is 0. The molecule has 48 valence electrons. The van der Waals surface area contributed by atoms with Crippen LogP contribution in [0.2, 0.25) is 0 Å². The first-order chi connectivity index (χ1) is 0. The molecule has 0 aromatic carbocycles. The number of rotatable bonds is 0. The van der Waals surface area contributed by atoms with Gasteiger partial charge in [-0.3, -0.25) is 0 Å². The summed E-state index contributed by atoms with van der Waals surface area (Å²) in [5.74, 6) is 0. The predicted molar refractivity (Wildman–Crippen MR) is 30.7 cm³/mol. The molecular weight excluding hydrogens is 196 g/mol. The zero-order valence-corrected chi connectivity index (χ0v) is 9.87. The van der Waals surface area contributed by atoms with Gasteiger partial charge >= 0.3 is 34.7 Å². The summed E-state index contributed by atoms with van der Waals surface area (Å²) in [5, 5.41) is 0. The monoisotopic (exact) mass is 204 g/mol. The molecule has 0 saturated carbocycles. The molecule has 0 aromatic rings. The van der Waals surface area contributed by atoms with Crippen molar-refractivity contribution in [1.82, 2.24) is 0 Å². The second-order valence-electron chi connectivity index (χ2n) is 0. The molecule has 5 heteroatoms. The summed E-state index contributed by atoms with van der Waals surface area (Å²) in [4.78, 5) is 0. The quantitative estimate of drug-likeness (QED) is 0.272. The molecule has 0 N–H and O–H groups in total. The summed E-state index contributed by atoms with van der Waals surface area (Å²) >= 11 is 0. The third kappa shape index (κ3) is 102. The van der Waals surface area contributed by atoms with Gasteiger partial charge in [0, 0.05) is 0 Å². The van der Waals surface area contributed by atoms with Crippen molar-refractivity contribution >= 4 is 34.7 Å². The van der Waals surface area contributed by atoms with Crippen molar-refractivity contribution in [3.63, 3.8) is 0 Å². The second kappa shape index (κ2) is 150. The van der Waals surface area contributed by atoms with Gasteiger partial charge in [-0.2, -0.15) is 0 Å². The maximum absolute atomic E-state index is 0. The molecule has 0 aliphatic rings. The van der Waals surface area contributed by atoms with E-state index >= 15 is 0 Å². The average Bonchev–Trinajstić information content (AvgIpc) is 0. The van der Waals surface area contributed by atoms with Gasteiger partial charge in [0.25, 0.3) is 0 Å². The minimum atomic E-state index is 0. The molecule has 0 bridgehead atoms. The molecular formula is C3H9Al2Cl3. The molecule has 0 nitrogen and oxygen atoms in total. The summed E-state index contributed by atoms with van der Waals surface area (Å²) in [5.41, 5.74) is 0. The Morgan fingerprint density at radius 2 is 0.375 bits per heavy atom. The molecule has 0 amide bonds. The Hall–Kier alpha value is 1.93. The number of halogens is 3. The van der Waals surface area contributed by atoms with Gasteiger partial charge in [-0.25, -0.2) is 0 Å². The van der Waals surface area contributed by atoms with Crippen LogP contribution in [0.1, 0.15) is 0 Å². The van der Waals surface area contributed by atoms with Gasteiger partial charge in [0.2, 0.25) is 0 Å². The Balaban J connectivity index is 0. The predicted octanol–water partition coefficient (Wildman–Crippen LogP) is -8.40. The van der Waals surface area contributed by atoms with Gasteiger partial charge in [0.1, 0.15) is 0 Å². The normalized spacial score (nSPS) is 0. The molecule has 0 saturated heterocycles. The van der Waals surface area contributed by atoms with Gasteiger partial charge in [-0.05, 0) is 0 Å². The smallest absolute Gasteiger partial charge is 1.00 e. The molecule has 0 heterocycles. The van der Waals surface area contributed by atoms with E-state index in [1.165, 1.54) is 0 Å². The van der Waals surface area contributed by atoms with Gasteiger partial charge in [-0.15, -0.1) is 0 Å². The van der Waals surface area contributed by atoms with E-state index in [1.807, 2.05) is 0 Å². The van der Waals surface area contributed by atoms with Crippen LogP contribution in [0, 0.1) is 22.3 Å². The van der Waals surface area contributed by atoms with Gasteiger partial charge in [-0.1, -0.05) is 0 Å². The third-order valence-electron chi connectivity index (χ3n) is 0. The summed E-state index contributed by atoms with van der Waals surface area (Å²) in [7, 11) is 0. The minimum absolute atomic E-state index is 0. The van der Waals surface area contributed by atoms with Gasteiger partial charge in [0.15, 0.2) is 0 Å². The topological polar surface area (TPSA) is 0 Å². The Kier molecular flexibility index (Phi) is 3980. The molecule has 8 heavy (non-hydrogen) atoms. The maximum Gasteiger partial charge on any atom is 3.00 e. The molecule has 0 rings (SSSR count). The summed E-state index contributed by atoms with van der Waals surface area (Å²) in [6.07, 6.45) is 0. The van der Waals surface area contributed by atoms with Crippen molar-refractivity contribution in [1.29, 1.82) is 0 Å². The third-order valence-corrected chi connectivity index (χ3v) is 0. The summed E-state index contributed by atoms with van der Waals surface area (Å²) in [6.45, 7) is 0. The fourth-order valence-electron chi connectivity index (χ4n) is 0. The van der Waals surface area contributed by atoms with Gasteiger partial charge in [0.05, 0.1) is 0 Å². The molecule has 0 radical (unpaired) electrons. The molecule has 0 spiro atoms. The van der Waals surface area contributed by atoms with Crippen molar-refractivity contribution in [3.8, 4) is 0 Å². The number of hydrogen-bond acceptors (Lipinski definition) is 0. The zero-order chi connectivity index (χ0) is 0. The van der Waals surface area contributed by atoms with E-state index < -0.39 is 0 Å². The van der Waals surface area contributed by atoms with Crippen LogP contribution in [0.15, 0.2) is 0 Å². The fourth-order valence-corrected chi connectivity index (χ4v) is 0. The average molecular weight is 205 g/mol. The molecule has 0 unspecified atom stereocenters. The largest absolute Gasteiger partial charge is 3.00 e. The molecule has 0 atom stereocenters. The van der Waals surface area contributed by atoms with Crippen LogP contribution in [0.4, 0.5) is 0 Å². The molecule has 0 aromatic heterocycles. The first kappa shape index (κ1) is 212. The van der Waals surface area contributed by atoms with Crippen LogP contribution in [-0.4, -0.2) is 34.7 Å². The van der Waals surface area contributed by atoms with E-state index in [2.05, 4.69) is 0 Å². The second-order valence-corrected chi connectivity index (χ2v) is 0. The van der Waals surface area contributed by atoms with E-state index in [1.54, 1.807) is 0 Å². The maximum atomic E-state index is 0. The van der Waals surface area contributed by atoms with Crippen molar-refractivity contribution in [2.45, 2.75) is 0 Å². The Bertz CT molecular complexity index is 12.5. The van der Waals surface area contributed by atoms with Gasteiger partial charge < -0.3 is 59.5 Å². The Morgan fingerprint density at radius 1 is 0.375 bits per heavy atom. The SMILES string of the molecule is [Al+3].[Al+3].[CH3-].[CH3-].[CH3-].[Cl-].[Cl-].[Cl-]. The van der Waals surface area contributed by atoms with Crippen molar-refractivity contribution < 1.29 is 37.2 Å². The van der Waals surface area contributed by atoms with E-state index in [-0.39, 0.29) is 94.2 Å². The standard InChI is InChI=1S/3CH3.2Al.3ClH/h3*1H3;;;3*1H/q3*-1;2*+3;;;/p-3. The van der Waals surface area contributed by atoms with E-state index in [4.69, 9.17) is 0 Å². The Labute approximate surface area is 93.7 Å². The van der Waals surface area contributed by atoms with Crippen molar-refractivity contribution in [3.05, 3.63) is 22.3 Å². The van der Waals surface area contributed by atoms with E-state index in [0.717, 1.165) is 0 Å². The van der Waals surface area contributed by atoms with Crippen molar-refractivity contribution in [2.75, 3.05) is 0 Å². The van der Waals surface area contributed by atoms with E-state index in [0.29, 0.717) is 0 Å². The summed E-state index contributed by atoms with van der Waals surface area (Å²) in [6, 6.07) is 0. The van der Waals surface area contributed by atoms with Crippen molar-refractivity contribution in [2.24, 2.45) is 0 Å². The van der Waals surface area contributed by atoms with Crippen LogP contribution in [-0.2, 0) is 0 Å². The first-order valence-corrected chi connectivity index (χ1v) is 0. The van der Waals surface area contributed by atoms with E-state index in [9.17, 15) is 0 Å². The Morgan fingerprint density at radius 3 is 0.375 bits per heavy atom.